The van der Waals surface area contributed by atoms with E-state index in [1.807, 2.05) is 43.5 Å². The van der Waals surface area contributed by atoms with E-state index in [2.05, 4.69) is 53.6 Å². The maximum absolute atomic E-state index is 12.5. The van der Waals surface area contributed by atoms with Gasteiger partial charge in [-0.05, 0) is 36.6 Å². The lowest BCUT2D eigenvalue weighted by molar-refractivity contribution is 0.596. The zero-order valence-corrected chi connectivity index (χ0v) is 16.1. The molecule has 2 heterocycles. The van der Waals surface area contributed by atoms with Crippen molar-refractivity contribution >= 4 is 5.65 Å². The van der Waals surface area contributed by atoms with E-state index in [9.17, 15) is 4.79 Å². The molecule has 0 aliphatic rings. The number of aromatic nitrogens is 2. The summed E-state index contributed by atoms with van der Waals surface area (Å²) in [4.78, 5) is 17.1. The second-order valence-corrected chi connectivity index (χ2v) is 7.16. The summed E-state index contributed by atoms with van der Waals surface area (Å²) in [5.74, 6) is 0. The normalized spacial score (nSPS) is 12.2. The van der Waals surface area contributed by atoms with E-state index in [0.717, 1.165) is 11.3 Å². The molecule has 140 valence electrons. The quantitative estimate of drug-likeness (QED) is 0.574. The Morgan fingerprint density at radius 1 is 0.893 bits per heavy atom. The lowest BCUT2D eigenvalue weighted by atomic mass is 9.98. The van der Waals surface area contributed by atoms with Crippen molar-refractivity contribution < 1.29 is 0 Å². The van der Waals surface area contributed by atoms with Crippen LogP contribution < -0.4 is 10.9 Å². The topological polar surface area (TPSA) is 46.4 Å². The van der Waals surface area contributed by atoms with Gasteiger partial charge in [-0.1, -0.05) is 66.2 Å². The van der Waals surface area contributed by atoms with Crippen molar-refractivity contribution in [3.05, 3.63) is 117 Å². The van der Waals surface area contributed by atoms with Crippen LogP contribution >= 0.6 is 0 Å². The molecule has 0 aliphatic heterocycles. The maximum Gasteiger partial charge on any atom is 0.258 e. The predicted octanol–water partition coefficient (Wildman–Crippen LogP) is 4.19. The highest BCUT2D eigenvalue weighted by Gasteiger charge is 2.14. The van der Waals surface area contributed by atoms with Crippen molar-refractivity contribution in [2.75, 3.05) is 0 Å². The summed E-state index contributed by atoms with van der Waals surface area (Å²) in [5, 5.41) is 3.58. The number of pyridine rings is 1. The van der Waals surface area contributed by atoms with Gasteiger partial charge in [0.05, 0.1) is 11.7 Å². The zero-order chi connectivity index (χ0) is 19.5. The van der Waals surface area contributed by atoms with E-state index in [1.54, 1.807) is 10.5 Å². The van der Waals surface area contributed by atoms with Crippen LogP contribution in [0.3, 0.4) is 0 Å². The molecule has 4 heteroatoms. The Labute approximate surface area is 164 Å². The molecule has 0 unspecified atom stereocenters. The number of aryl methyl sites for hydroxylation is 2. The third kappa shape index (κ3) is 3.87. The molecule has 0 fully saturated rings. The molecule has 0 aliphatic carbocycles. The van der Waals surface area contributed by atoms with Crippen LogP contribution in [0.4, 0.5) is 0 Å². The Hall–Kier alpha value is -3.24. The lowest BCUT2D eigenvalue weighted by Gasteiger charge is -2.20. The molecular formula is C24H23N3O. The molecule has 0 saturated heterocycles. The van der Waals surface area contributed by atoms with Crippen LogP contribution in [0.5, 0.6) is 0 Å². The van der Waals surface area contributed by atoms with Gasteiger partial charge in [-0.15, -0.1) is 0 Å². The Balaban J connectivity index is 1.64. The molecule has 0 spiro atoms. The summed E-state index contributed by atoms with van der Waals surface area (Å²) < 4.78 is 1.59. The zero-order valence-electron chi connectivity index (χ0n) is 16.1. The standard InChI is InChI=1S/C24H23N3O/c1-17-8-11-20(12-9-17)24(19-6-4-3-5-7-19)25-15-21-14-23(28)27-16-18(2)10-13-22(27)26-21/h3-14,16,24-25H,15H2,1-2H3/t24-/m0/s1. The minimum atomic E-state index is -0.0582. The number of hydrogen-bond acceptors (Lipinski definition) is 3. The van der Waals surface area contributed by atoms with E-state index in [4.69, 9.17) is 0 Å². The number of fused-ring (bicyclic) bond motifs is 1. The van der Waals surface area contributed by atoms with Crippen molar-refractivity contribution in [2.45, 2.75) is 26.4 Å². The van der Waals surface area contributed by atoms with Crippen molar-refractivity contribution in [1.29, 1.82) is 0 Å². The maximum atomic E-state index is 12.5. The van der Waals surface area contributed by atoms with Crippen molar-refractivity contribution in [3.63, 3.8) is 0 Å². The van der Waals surface area contributed by atoms with Gasteiger partial charge in [0.25, 0.3) is 5.56 Å². The lowest BCUT2D eigenvalue weighted by Crippen LogP contribution is -2.24. The van der Waals surface area contributed by atoms with Gasteiger partial charge < -0.3 is 5.32 Å². The summed E-state index contributed by atoms with van der Waals surface area (Å²) >= 11 is 0. The summed E-state index contributed by atoms with van der Waals surface area (Å²) in [5.41, 5.74) is 5.98. The summed E-state index contributed by atoms with van der Waals surface area (Å²) in [6, 6.07) is 24.4. The average Bonchev–Trinajstić information content (AvgIpc) is 2.71. The molecule has 28 heavy (non-hydrogen) atoms. The second kappa shape index (κ2) is 7.79. The largest absolute Gasteiger partial charge is 0.301 e. The van der Waals surface area contributed by atoms with Gasteiger partial charge >= 0.3 is 0 Å². The monoisotopic (exact) mass is 369 g/mol. The average molecular weight is 369 g/mol. The first-order chi connectivity index (χ1) is 13.6. The first-order valence-electron chi connectivity index (χ1n) is 9.44. The van der Waals surface area contributed by atoms with Crippen LogP contribution in [0, 0.1) is 13.8 Å². The highest BCUT2D eigenvalue weighted by Crippen LogP contribution is 2.22. The van der Waals surface area contributed by atoms with Crippen molar-refractivity contribution in [2.24, 2.45) is 0 Å². The van der Waals surface area contributed by atoms with Crippen molar-refractivity contribution in [3.8, 4) is 0 Å². The third-order valence-corrected chi connectivity index (χ3v) is 4.89. The summed E-state index contributed by atoms with van der Waals surface area (Å²) in [6.07, 6.45) is 1.82. The van der Waals surface area contributed by atoms with Gasteiger partial charge in [0.15, 0.2) is 0 Å². The third-order valence-electron chi connectivity index (χ3n) is 4.89. The van der Waals surface area contributed by atoms with E-state index in [-0.39, 0.29) is 11.6 Å². The van der Waals surface area contributed by atoms with Gasteiger partial charge in [-0.2, -0.15) is 0 Å². The van der Waals surface area contributed by atoms with Gasteiger partial charge in [-0.3, -0.25) is 9.20 Å². The van der Waals surface area contributed by atoms with Crippen LogP contribution in [0.2, 0.25) is 0 Å². The van der Waals surface area contributed by atoms with Crippen LogP contribution in [-0.2, 0) is 6.54 Å². The van der Waals surface area contributed by atoms with E-state index < -0.39 is 0 Å². The molecule has 2 aromatic heterocycles. The van der Waals surface area contributed by atoms with Crippen LogP contribution in [0.1, 0.15) is 34.0 Å². The molecular weight excluding hydrogens is 346 g/mol. The first-order valence-corrected chi connectivity index (χ1v) is 9.44. The molecule has 0 amide bonds. The van der Waals surface area contributed by atoms with Gasteiger partial charge in [0.2, 0.25) is 0 Å². The fourth-order valence-corrected chi connectivity index (χ4v) is 3.39. The molecule has 4 nitrogen and oxygen atoms in total. The summed E-state index contributed by atoms with van der Waals surface area (Å²) in [7, 11) is 0. The number of hydrogen-bond donors (Lipinski definition) is 1. The molecule has 4 aromatic rings. The van der Waals surface area contributed by atoms with Crippen LogP contribution in [0.15, 0.2) is 83.8 Å². The van der Waals surface area contributed by atoms with Crippen molar-refractivity contribution in [1.82, 2.24) is 14.7 Å². The SMILES string of the molecule is Cc1ccc([C@@H](NCc2cc(=O)n3cc(C)ccc3n2)c2ccccc2)cc1. The minimum absolute atomic E-state index is 0.0278. The Bertz CT molecular complexity index is 1150. The fraction of sp³-hybridized carbons (Fsp3) is 0.167. The second-order valence-electron chi connectivity index (χ2n) is 7.16. The molecule has 1 N–H and O–H groups in total. The fourth-order valence-electron chi connectivity index (χ4n) is 3.39. The summed E-state index contributed by atoms with van der Waals surface area (Å²) in [6.45, 7) is 4.56. The Morgan fingerprint density at radius 3 is 2.32 bits per heavy atom. The smallest absolute Gasteiger partial charge is 0.258 e. The first kappa shape index (κ1) is 18.1. The van der Waals surface area contributed by atoms with E-state index in [1.165, 1.54) is 16.7 Å². The van der Waals surface area contributed by atoms with Crippen LogP contribution in [-0.4, -0.2) is 9.38 Å². The van der Waals surface area contributed by atoms with Gasteiger partial charge in [-0.25, -0.2) is 4.98 Å². The Morgan fingerprint density at radius 2 is 1.57 bits per heavy atom. The molecule has 1 atom stereocenters. The van der Waals surface area contributed by atoms with Gasteiger partial charge in [0, 0.05) is 18.8 Å². The number of nitrogens with one attached hydrogen (secondary N) is 1. The van der Waals surface area contributed by atoms with E-state index in [0.29, 0.717) is 12.2 Å². The molecule has 0 bridgehead atoms. The van der Waals surface area contributed by atoms with Gasteiger partial charge in [0.1, 0.15) is 5.65 Å². The number of benzene rings is 2. The minimum Gasteiger partial charge on any atom is -0.301 e. The molecule has 0 radical (unpaired) electrons. The number of nitrogens with zero attached hydrogens (tertiary/aromatic N) is 2. The Kier molecular flexibility index (Phi) is 5.04. The molecule has 4 rings (SSSR count). The molecule has 2 aromatic carbocycles. The van der Waals surface area contributed by atoms with Crippen LogP contribution in [0.25, 0.3) is 5.65 Å². The highest BCUT2D eigenvalue weighted by molar-refractivity contribution is 5.40. The molecule has 0 saturated carbocycles. The number of rotatable bonds is 5. The predicted molar refractivity (Wildman–Crippen MR) is 113 cm³/mol. The van der Waals surface area contributed by atoms with E-state index >= 15 is 0 Å². The highest BCUT2D eigenvalue weighted by atomic mass is 16.1.